The van der Waals surface area contributed by atoms with Crippen molar-refractivity contribution in [2.45, 2.75) is 25.7 Å². The zero-order chi connectivity index (χ0) is 10.1. The number of benzene rings is 1. The van der Waals surface area contributed by atoms with E-state index < -0.39 is 0 Å². The fraction of sp³-hybridized carbons (Fsp3) is 0.333. The van der Waals surface area contributed by atoms with Crippen LogP contribution in [-0.4, -0.2) is 0 Å². The highest BCUT2D eigenvalue weighted by Gasteiger charge is 2.32. The molecule has 1 fully saturated rings. The average molecular weight is 195 g/mol. The van der Waals surface area contributed by atoms with Crippen molar-refractivity contribution in [3.8, 4) is 0 Å². The smallest absolute Gasteiger partial charge is 0.00797 e. The van der Waals surface area contributed by atoms with Crippen LogP contribution in [0.15, 0.2) is 42.5 Å². The summed E-state index contributed by atoms with van der Waals surface area (Å²) in [7, 11) is 0. The van der Waals surface area contributed by atoms with Crippen molar-refractivity contribution >= 4 is 5.57 Å². The second kappa shape index (κ2) is 3.37. The maximum atomic E-state index is 3.44. The highest BCUT2D eigenvalue weighted by molar-refractivity contribution is 5.74. The van der Waals surface area contributed by atoms with E-state index in [1.807, 2.05) is 0 Å². The van der Waals surface area contributed by atoms with Crippen LogP contribution < -0.4 is 0 Å². The number of hydrogen-bond acceptors (Lipinski definition) is 0. The molecule has 0 amide bonds. The molecule has 75 valence electrons. The predicted octanol–water partition coefficient (Wildman–Crippen LogP) is 4.00. The molecule has 0 saturated heterocycles. The highest BCUT2D eigenvalue weighted by Crippen LogP contribution is 2.46. The van der Waals surface area contributed by atoms with E-state index in [0.29, 0.717) is 5.41 Å². The molecular weight excluding hydrogens is 180 g/mol. The van der Waals surface area contributed by atoms with Crippen molar-refractivity contribution in [3.05, 3.63) is 54.1 Å². The zero-order valence-electron chi connectivity index (χ0n) is 8.87. The largest absolute Gasteiger partial charge is 0.0660 e. The first-order chi connectivity index (χ1) is 7.38. The SMILES string of the molecule is [C]1=CC2(C=C1c1ccccc1)CCCC2. The van der Waals surface area contributed by atoms with Crippen LogP contribution in [0.2, 0.25) is 0 Å². The summed E-state index contributed by atoms with van der Waals surface area (Å²) in [4.78, 5) is 0. The summed E-state index contributed by atoms with van der Waals surface area (Å²) in [5, 5.41) is 0. The van der Waals surface area contributed by atoms with E-state index in [0.717, 1.165) is 0 Å². The van der Waals surface area contributed by atoms with Crippen LogP contribution in [-0.2, 0) is 0 Å². The van der Waals surface area contributed by atoms with Gasteiger partial charge in [-0.15, -0.1) is 0 Å². The molecule has 0 atom stereocenters. The lowest BCUT2D eigenvalue weighted by atomic mass is 9.88. The molecule has 1 aromatic rings. The minimum atomic E-state index is 0.366. The summed E-state index contributed by atoms with van der Waals surface area (Å²) in [6.45, 7) is 0. The van der Waals surface area contributed by atoms with Crippen molar-refractivity contribution in [1.29, 1.82) is 0 Å². The third-order valence-corrected chi connectivity index (χ3v) is 3.57. The van der Waals surface area contributed by atoms with Gasteiger partial charge in [0.25, 0.3) is 0 Å². The van der Waals surface area contributed by atoms with Crippen LogP contribution >= 0.6 is 0 Å². The summed E-state index contributed by atoms with van der Waals surface area (Å²) in [5.41, 5.74) is 2.96. The van der Waals surface area contributed by atoms with Gasteiger partial charge >= 0.3 is 0 Å². The Bertz CT molecular complexity index is 403. The molecule has 0 nitrogen and oxygen atoms in total. The molecule has 3 rings (SSSR count). The molecule has 0 N–H and O–H groups in total. The molecule has 0 heteroatoms. The standard InChI is InChI=1S/C15H15/c1-2-6-13(7-3-1)14-8-11-15(12-14)9-4-5-10-15/h1-3,6-7,11-12H,4-5,9-10H2. The Morgan fingerprint density at radius 1 is 1.00 bits per heavy atom. The second-order valence-corrected chi connectivity index (χ2v) is 4.65. The van der Waals surface area contributed by atoms with Crippen LogP contribution in [0.5, 0.6) is 0 Å². The van der Waals surface area contributed by atoms with Gasteiger partial charge in [-0.2, -0.15) is 0 Å². The van der Waals surface area contributed by atoms with Gasteiger partial charge in [-0.05, 0) is 30.1 Å². The van der Waals surface area contributed by atoms with Crippen LogP contribution in [0.4, 0.5) is 0 Å². The van der Waals surface area contributed by atoms with Gasteiger partial charge in [0.05, 0.1) is 0 Å². The van der Waals surface area contributed by atoms with E-state index in [1.54, 1.807) is 0 Å². The molecule has 0 heterocycles. The lowest BCUT2D eigenvalue weighted by Gasteiger charge is -2.16. The molecule has 2 aliphatic rings. The monoisotopic (exact) mass is 195 g/mol. The van der Waals surface area contributed by atoms with Gasteiger partial charge in [-0.25, -0.2) is 0 Å². The quantitative estimate of drug-likeness (QED) is 0.635. The molecule has 0 unspecified atom stereocenters. The average Bonchev–Trinajstić information content (AvgIpc) is 2.91. The van der Waals surface area contributed by atoms with E-state index >= 15 is 0 Å². The molecule has 1 aromatic carbocycles. The number of rotatable bonds is 1. The van der Waals surface area contributed by atoms with E-state index in [1.165, 1.54) is 36.8 Å². The van der Waals surface area contributed by atoms with E-state index in [-0.39, 0.29) is 0 Å². The Balaban J connectivity index is 1.94. The van der Waals surface area contributed by atoms with E-state index in [4.69, 9.17) is 0 Å². The van der Waals surface area contributed by atoms with Crippen LogP contribution in [0, 0.1) is 11.5 Å². The third kappa shape index (κ3) is 1.54. The molecule has 1 saturated carbocycles. The van der Waals surface area contributed by atoms with Crippen molar-refractivity contribution in [3.63, 3.8) is 0 Å². The summed E-state index contributed by atoms with van der Waals surface area (Å²) >= 11 is 0. The Morgan fingerprint density at radius 3 is 2.47 bits per heavy atom. The molecule has 0 aliphatic heterocycles. The molecular formula is C15H15. The van der Waals surface area contributed by atoms with Gasteiger partial charge < -0.3 is 0 Å². The fourth-order valence-electron chi connectivity index (χ4n) is 2.70. The maximum Gasteiger partial charge on any atom is 0.00797 e. The minimum Gasteiger partial charge on any atom is -0.0660 e. The maximum absolute atomic E-state index is 3.44. The molecule has 2 aliphatic carbocycles. The Hall–Kier alpha value is -1.30. The lowest BCUT2D eigenvalue weighted by Crippen LogP contribution is -2.05. The summed E-state index contributed by atoms with van der Waals surface area (Å²) in [5.74, 6) is 0. The molecule has 1 spiro atoms. The van der Waals surface area contributed by atoms with Gasteiger partial charge in [0.15, 0.2) is 0 Å². The van der Waals surface area contributed by atoms with Gasteiger partial charge in [0.2, 0.25) is 0 Å². The van der Waals surface area contributed by atoms with Gasteiger partial charge in [0.1, 0.15) is 0 Å². The van der Waals surface area contributed by atoms with E-state index in [9.17, 15) is 0 Å². The van der Waals surface area contributed by atoms with Crippen molar-refractivity contribution in [2.24, 2.45) is 5.41 Å². The first kappa shape index (κ1) is 8.96. The van der Waals surface area contributed by atoms with Crippen molar-refractivity contribution < 1.29 is 0 Å². The number of allylic oxidation sites excluding steroid dienone is 4. The predicted molar refractivity (Wildman–Crippen MR) is 63.1 cm³/mol. The third-order valence-electron chi connectivity index (χ3n) is 3.57. The van der Waals surface area contributed by atoms with Crippen LogP contribution in [0.25, 0.3) is 5.57 Å². The first-order valence-electron chi connectivity index (χ1n) is 5.77. The fourth-order valence-corrected chi connectivity index (χ4v) is 2.70. The Morgan fingerprint density at radius 2 is 1.73 bits per heavy atom. The summed E-state index contributed by atoms with van der Waals surface area (Å²) in [6, 6.07) is 10.6. The minimum absolute atomic E-state index is 0.366. The first-order valence-corrected chi connectivity index (χ1v) is 5.77. The highest BCUT2D eigenvalue weighted by atomic mass is 14.4. The zero-order valence-corrected chi connectivity index (χ0v) is 8.87. The topological polar surface area (TPSA) is 0 Å². The van der Waals surface area contributed by atoms with Gasteiger partial charge in [-0.3, -0.25) is 0 Å². The molecule has 1 radical (unpaired) electrons. The van der Waals surface area contributed by atoms with Crippen molar-refractivity contribution in [2.75, 3.05) is 0 Å². The van der Waals surface area contributed by atoms with Crippen molar-refractivity contribution in [1.82, 2.24) is 0 Å². The molecule has 0 bridgehead atoms. The van der Waals surface area contributed by atoms with Crippen LogP contribution in [0.1, 0.15) is 31.2 Å². The molecule has 0 aromatic heterocycles. The summed E-state index contributed by atoms with van der Waals surface area (Å²) in [6.07, 6.45) is 13.5. The Labute approximate surface area is 91.3 Å². The lowest BCUT2D eigenvalue weighted by molar-refractivity contribution is 0.522. The normalized spacial score (nSPS) is 22.3. The summed E-state index contributed by atoms with van der Waals surface area (Å²) < 4.78 is 0. The van der Waals surface area contributed by atoms with Crippen LogP contribution in [0.3, 0.4) is 0 Å². The Kier molecular flexibility index (Phi) is 2.02. The van der Waals surface area contributed by atoms with E-state index in [2.05, 4.69) is 48.6 Å². The van der Waals surface area contributed by atoms with Gasteiger partial charge in [-0.1, -0.05) is 55.3 Å². The molecule has 15 heavy (non-hydrogen) atoms. The number of hydrogen-bond donors (Lipinski definition) is 0. The van der Waals surface area contributed by atoms with Gasteiger partial charge in [0, 0.05) is 5.41 Å². The second-order valence-electron chi connectivity index (χ2n) is 4.65.